The number of carbonyl (C=O) groups is 1. The van der Waals surface area contributed by atoms with Crippen molar-refractivity contribution in [2.24, 2.45) is 0 Å². The Bertz CT molecular complexity index is 1100. The minimum absolute atomic E-state index is 0.170. The number of allylic oxidation sites excluding steroid dienone is 2. The van der Waals surface area contributed by atoms with E-state index < -0.39 is 0 Å². The van der Waals surface area contributed by atoms with Gasteiger partial charge in [-0.25, -0.2) is 4.68 Å². The van der Waals surface area contributed by atoms with Crippen LogP contribution >= 0.6 is 11.6 Å². The average Bonchev–Trinajstić information content (AvgIpc) is 3.20. The number of rotatable bonds is 4. The van der Waals surface area contributed by atoms with E-state index in [-0.39, 0.29) is 11.8 Å². The lowest BCUT2D eigenvalue weighted by molar-refractivity contribution is -0.116. The van der Waals surface area contributed by atoms with Gasteiger partial charge in [0.1, 0.15) is 24.7 Å². The first-order valence-corrected chi connectivity index (χ1v) is 9.97. The molecule has 1 atom stereocenters. The summed E-state index contributed by atoms with van der Waals surface area (Å²) in [6.07, 6.45) is 3.79. The van der Waals surface area contributed by atoms with E-state index in [4.69, 9.17) is 16.3 Å². The monoisotopic (exact) mass is 406 g/mol. The fourth-order valence-electron chi connectivity index (χ4n) is 3.93. The van der Waals surface area contributed by atoms with Gasteiger partial charge in [-0.3, -0.25) is 4.79 Å². The second-order valence-electron chi connectivity index (χ2n) is 7.17. The standard InChI is InChI=1S/C22H19ClN4O2/c23-17-5-2-1-4-15(17)12-29-16-10-8-14(9-11-16)21-20-18(6-3-7-19(20)28)26-22-24-13-25-27(21)22/h1-2,4-5,8-11,13,21H,3,6-7,12H2,(H,24,25,26). The molecular formula is C22H19ClN4O2. The fraction of sp³-hybridized carbons (Fsp3) is 0.227. The smallest absolute Gasteiger partial charge is 0.226 e. The van der Waals surface area contributed by atoms with Gasteiger partial charge in [0.25, 0.3) is 0 Å². The number of hydrogen-bond donors (Lipinski definition) is 1. The van der Waals surface area contributed by atoms with E-state index in [1.54, 1.807) is 4.68 Å². The number of fused-ring (bicyclic) bond motifs is 1. The number of Topliss-reactive ketones (excluding diaryl/α,β-unsaturated/α-hetero) is 1. The lowest BCUT2D eigenvalue weighted by Gasteiger charge is -2.32. The Hall–Kier alpha value is -3.12. The van der Waals surface area contributed by atoms with Gasteiger partial charge in [-0.2, -0.15) is 10.1 Å². The third-order valence-corrected chi connectivity index (χ3v) is 5.73. The molecule has 0 spiro atoms. The summed E-state index contributed by atoms with van der Waals surface area (Å²) in [5.74, 6) is 1.58. The second kappa shape index (κ2) is 7.37. The molecule has 7 heteroatoms. The maximum atomic E-state index is 12.7. The predicted octanol–water partition coefficient (Wildman–Crippen LogP) is 4.53. The molecule has 1 aliphatic carbocycles. The van der Waals surface area contributed by atoms with Crippen molar-refractivity contribution < 1.29 is 9.53 Å². The SMILES string of the molecule is O=C1CCCC2=C1C(c1ccc(OCc3ccccc3Cl)cc1)n1ncnc1N2. The molecule has 5 rings (SSSR count). The van der Waals surface area contributed by atoms with E-state index in [0.717, 1.165) is 41.0 Å². The van der Waals surface area contributed by atoms with Crippen molar-refractivity contribution in [3.63, 3.8) is 0 Å². The van der Waals surface area contributed by atoms with Gasteiger partial charge in [0, 0.05) is 28.3 Å². The molecule has 2 aromatic carbocycles. The number of carbonyl (C=O) groups excluding carboxylic acids is 1. The number of halogens is 1. The molecule has 0 bridgehead atoms. The Morgan fingerprint density at radius 3 is 2.79 bits per heavy atom. The lowest BCUT2D eigenvalue weighted by Crippen LogP contribution is -2.31. The van der Waals surface area contributed by atoms with Crippen molar-refractivity contribution in [3.05, 3.63) is 82.3 Å². The van der Waals surface area contributed by atoms with Crippen LogP contribution in [-0.2, 0) is 11.4 Å². The minimum atomic E-state index is -0.269. The number of hydrogen-bond acceptors (Lipinski definition) is 5. The van der Waals surface area contributed by atoms with Gasteiger partial charge in [-0.05, 0) is 36.6 Å². The average molecular weight is 407 g/mol. The first kappa shape index (κ1) is 17.9. The molecule has 29 heavy (non-hydrogen) atoms. The third-order valence-electron chi connectivity index (χ3n) is 5.36. The maximum Gasteiger partial charge on any atom is 0.226 e. The number of anilines is 1. The molecule has 2 aliphatic rings. The summed E-state index contributed by atoms with van der Waals surface area (Å²) in [6.45, 7) is 0.396. The number of benzene rings is 2. The number of ether oxygens (including phenoxy) is 1. The van der Waals surface area contributed by atoms with E-state index in [1.165, 1.54) is 6.33 Å². The van der Waals surface area contributed by atoms with Crippen LogP contribution in [0, 0.1) is 0 Å². The predicted molar refractivity (Wildman–Crippen MR) is 110 cm³/mol. The van der Waals surface area contributed by atoms with Crippen molar-refractivity contribution in [3.8, 4) is 5.75 Å². The molecule has 3 aromatic rings. The molecule has 1 aliphatic heterocycles. The Labute approximate surface area is 173 Å². The Morgan fingerprint density at radius 2 is 1.97 bits per heavy atom. The van der Waals surface area contributed by atoms with Gasteiger partial charge in [0.05, 0.1) is 0 Å². The first-order valence-electron chi connectivity index (χ1n) is 9.59. The van der Waals surface area contributed by atoms with Crippen LogP contribution in [0.5, 0.6) is 5.75 Å². The van der Waals surface area contributed by atoms with Crippen molar-refractivity contribution in [1.82, 2.24) is 14.8 Å². The summed E-state index contributed by atoms with van der Waals surface area (Å²) in [4.78, 5) is 17.0. The van der Waals surface area contributed by atoms with Crippen LogP contribution in [-0.4, -0.2) is 20.5 Å². The van der Waals surface area contributed by atoms with E-state index in [0.29, 0.717) is 24.0 Å². The summed E-state index contributed by atoms with van der Waals surface area (Å²) < 4.78 is 7.67. The van der Waals surface area contributed by atoms with Crippen LogP contribution in [0.4, 0.5) is 5.95 Å². The first-order chi connectivity index (χ1) is 14.2. The molecule has 0 radical (unpaired) electrons. The minimum Gasteiger partial charge on any atom is -0.489 e. The highest BCUT2D eigenvalue weighted by molar-refractivity contribution is 6.31. The zero-order chi connectivity index (χ0) is 19.8. The highest BCUT2D eigenvalue weighted by Crippen LogP contribution is 2.39. The largest absolute Gasteiger partial charge is 0.489 e. The zero-order valence-electron chi connectivity index (χ0n) is 15.6. The van der Waals surface area contributed by atoms with Gasteiger partial charge in [-0.15, -0.1) is 0 Å². The van der Waals surface area contributed by atoms with Crippen molar-refractivity contribution >= 4 is 23.3 Å². The van der Waals surface area contributed by atoms with Gasteiger partial charge >= 0.3 is 0 Å². The quantitative estimate of drug-likeness (QED) is 0.689. The molecule has 0 saturated carbocycles. The van der Waals surface area contributed by atoms with Crippen LogP contribution in [0.1, 0.15) is 36.4 Å². The highest BCUT2D eigenvalue weighted by atomic mass is 35.5. The van der Waals surface area contributed by atoms with Gasteiger partial charge in [0.2, 0.25) is 5.95 Å². The Morgan fingerprint density at radius 1 is 1.14 bits per heavy atom. The highest BCUT2D eigenvalue weighted by Gasteiger charge is 2.35. The Balaban J connectivity index is 1.42. The molecular weight excluding hydrogens is 388 g/mol. The maximum absolute atomic E-state index is 12.7. The molecule has 0 saturated heterocycles. The van der Waals surface area contributed by atoms with Gasteiger partial charge in [0.15, 0.2) is 5.78 Å². The van der Waals surface area contributed by atoms with Gasteiger partial charge < -0.3 is 10.1 Å². The third kappa shape index (κ3) is 3.29. The second-order valence-corrected chi connectivity index (χ2v) is 7.58. The summed E-state index contributed by atoms with van der Waals surface area (Å²) in [7, 11) is 0. The number of ketones is 1. The van der Waals surface area contributed by atoms with E-state index in [1.807, 2.05) is 48.5 Å². The number of aromatic nitrogens is 3. The van der Waals surface area contributed by atoms with Crippen LogP contribution in [0.2, 0.25) is 5.02 Å². The summed E-state index contributed by atoms with van der Waals surface area (Å²) >= 11 is 6.19. The number of nitrogens with zero attached hydrogens (tertiary/aromatic N) is 3. The molecule has 1 unspecified atom stereocenters. The van der Waals surface area contributed by atoms with Crippen LogP contribution < -0.4 is 10.1 Å². The lowest BCUT2D eigenvalue weighted by atomic mass is 9.85. The van der Waals surface area contributed by atoms with Crippen LogP contribution in [0.15, 0.2) is 66.1 Å². The Kier molecular flexibility index (Phi) is 4.56. The van der Waals surface area contributed by atoms with Crippen molar-refractivity contribution in [2.45, 2.75) is 31.9 Å². The summed E-state index contributed by atoms with van der Waals surface area (Å²) in [5, 5.41) is 8.32. The van der Waals surface area contributed by atoms with E-state index in [2.05, 4.69) is 15.4 Å². The topological polar surface area (TPSA) is 69.0 Å². The summed E-state index contributed by atoms with van der Waals surface area (Å²) in [6, 6.07) is 15.2. The van der Waals surface area contributed by atoms with Crippen molar-refractivity contribution in [2.75, 3.05) is 5.32 Å². The summed E-state index contributed by atoms with van der Waals surface area (Å²) in [5.41, 5.74) is 3.67. The van der Waals surface area contributed by atoms with Crippen LogP contribution in [0.25, 0.3) is 0 Å². The molecule has 146 valence electrons. The van der Waals surface area contributed by atoms with Crippen molar-refractivity contribution in [1.29, 1.82) is 0 Å². The molecule has 2 heterocycles. The van der Waals surface area contributed by atoms with E-state index in [9.17, 15) is 4.79 Å². The van der Waals surface area contributed by atoms with Crippen LogP contribution in [0.3, 0.4) is 0 Å². The number of nitrogens with one attached hydrogen (secondary N) is 1. The molecule has 1 N–H and O–H groups in total. The normalized spacial score (nSPS) is 18.1. The van der Waals surface area contributed by atoms with Gasteiger partial charge in [-0.1, -0.05) is 41.9 Å². The molecule has 1 aromatic heterocycles. The fourth-order valence-corrected chi connectivity index (χ4v) is 4.12. The zero-order valence-corrected chi connectivity index (χ0v) is 16.4. The molecule has 0 fully saturated rings. The molecule has 0 amide bonds. The van der Waals surface area contributed by atoms with E-state index >= 15 is 0 Å². The molecule has 6 nitrogen and oxygen atoms in total.